The second-order valence-corrected chi connectivity index (χ2v) is 9.84. The highest BCUT2D eigenvalue weighted by molar-refractivity contribution is 14.1. The zero-order valence-corrected chi connectivity index (χ0v) is 22.7. The average Bonchev–Trinajstić information content (AvgIpc) is 3.11. The SMILES string of the molecule is COc1cc(/C=C2/C(=O)N(c3ccccc3)C(=S)N2C)cc(I)c1OCc1cccc2ccccc12. The van der Waals surface area contributed by atoms with Crippen LogP contribution in [0.5, 0.6) is 11.5 Å². The van der Waals surface area contributed by atoms with Gasteiger partial charge in [0.25, 0.3) is 5.91 Å². The molecule has 4 aromatic rings. The van der Waals surface area contributed by atoms with E-state index in [1.165, 1.54) is 5.39 Å². The van der Waals surface area contributed by atoms with E-state index in [1.54, 1.807) is 24.0 Å². The predicted octanol–water partition coefficient (Wildman–Crippen LogP) is 6.64. The number of amides is 1. The van der Waals surface area contributed by atoms with Crippen molar-refractivity contribution < 1.29 is 14.3 Å². The van der Waals surface area contributed by atoms with Crippen molar-refractivity contribution in [1.82, 2.24) is 4.90 Å². The maximum Gasteiger partial charge on any atom is 0.281 e. The van der Waals surface area contributed by atoms with Crippen LogP contribution in [0.2, 0.25) is 0 Å². The molecule has 4 aromatic carbocycles. The van der Waals surface area contributed by atoms with Gasteiger partial charge in [-0.25, -0.2) is 0 Å². The summed E-state index contributed by atoms with van der Waals surface area (Å²) in [5.41, 5.74) is 3.16. The molecule has 0 saturated carbocycles. The molecule has 0 N–H and O–H groups in total. The number of hydrogen-bond donors (Lipinski definition) is 0. The molecule has 7 heteroatoms. The molecule has 0 unspecified atom stereocenters. The number of nitrogens with zero attached hydrogens (tertiary/aromatic N) is 2. The van der Waals surface area contributed by atoms with Gasteiger partial charge in [0.15, 0.2) is 16.6 Å². The van der Waals surface area contributed by atoms with Gasteiger partial charge in [0.2, 0.25) is 0 Å². The number of rotatable bonds is 6. The van der Waals surface area contributed by atoms with E-state index in [9.17, 15) is 4.79 Å². The number of anilines is 1. The lowest BCUT2D eigenvalue weighted by molar-refractivity contribution is -0.114. The molecule has 5 nitrogen and oxygen atoms in total. The number of thiocarbonyl (C=S) groups is 1. The Kier molecular flexibility index (Phi) is 6.93. The van der Waals surface area contributed by atoms with Crippen LogP contribution in [0.1, 0.15) is 11.1 Å². The molecule has 0 bridgehead atoms. The van der Waals surface area contributed by atoms with Gasteiger partial charge < -0.3 is 14.4 Å². The molecule has 1 aliphatic rings. The molecule has 180 valence electrons. The minimum Gasteiger partial charge on any atom is -0.493 e. The van der Waals surface area contributed by atoms with E-state index in [1.807, 2.05) is 66.7 Å². The lowest BCUT2D eigenvalue weighted by Crippen LogP contribution is -2.30. The summed E-state index contributed by atoms with van der Waals surface area (Å²) < 4.78 is 12.8. The molecule has 0 aromatic heterocycles. The maximum absolute atomic E-state index is 13.3. The van der Waals surface area contributed by atoms with Crippen LogP contribution in [-0.4, -0.2) is 30.1 Å². The van der Waals surface area contributed by atoms with Gasteiger partial charge in [-0.1, -0.05) is 60.7 Å². The largest absolute Gasteiger partial charge is 0.493 e. The predicted molar refractivity (Wildman–Crippen MR) is 156 cm³/mol. The van der Waals surface area contributed by atoms with E-state index >= 15 is 0 Å². The third kappa shape index (κ3) is 4.56. The third-order valence-electron chi connectivity index (χ3n) is 6.08. The van der Waals surface area contributed by atoms with Crippen molar-refractivity contribution in [2.24, 2.45) is 0 Å². The van der Waals surface area contributed by atoms with E-state index in [4.69, 9.17) is 21.7 Å². The molecule has 1 heterocycles. The van der Waals surface area contributed by atoms with E-state index in [-0.39, 0.29) is 5.91 Å². The summed E-state index contributed by atoms with van der Waals surface area (Å²) in [6, 6.07) is 27.7. The summed E-state index contributed by atoms with van der Waals surface area (Å²) >= 11 is 7.81. The number of fused-ring (bicyclic) bond motifs is 1. The Balaban J connectivity index is 1.43. The molecule has 5 rings (SSSR count). The van der Waals surface area contributed by atoms with Gasteiger partial charge >= 0.3 is 0 Å². The minimum absolute atomic E-state index is 0.168. The fraction of sp³-hybridized carbons (Fsp3) is 0.103. The first-order valence-electron chi connectivity index (χ1n) is 11.3. The standard InChI is InChI=1S/C29H23IN2O3S/c1-31-25(28(33)32(29(31)36)22-12-4-3-5-13-22)16-19-15-24(30)27(26(17-19)34-2)35-18-21-11-8-10-20-9-6-7-14-23(20)21/h3-17H,18H2,1-2H3/b25-16-. The Labute approximate surface area is 229 Å². The molecule has 0 spiro atoms. The van der Waals surface area contributed by atoms with Crippen molar-refractivity contribution in [1.29, 1.82) is 0 Å². The Morgan fingerprint density at radius 2 is 1.69 bits per heavy atom. The van der Waals surface area contributed by atoms with Gasteiger partial charge in [-0.15, -0.1) is 0 Å². The van der Waals surface area contributed by atoms with Crippen LogP contribution in [0.25, 0.3) is 16.8 Å². The summed E-state index contributed by atoms with van der Waals surface area (Å²) in [5, 5.41) is 2.78. The van der Waals surface area contributed by atoms with Crippen molar-refractivity contribution in [3.63, 3.8) is 0 Å². The first-order valence-corrected chi connectivity index (χ1v) is 12.8. The van der Waals surface area contributed by atoms with Crippen LogP contribution in [0.3, 0.4) is 0 Å². The molecule has 0 aliphatic carbocycles. The Morgan fingerprint density at radius 3 is 2.47 bits per heavy atom. The van der Waals surface area contributed by atoms with Crippen LogP contribution in [0.15, 0.2) is 90.6 Å². The van der Waals surface area contributed by atoms with Gasteiger partial charge in [0, 0.05) is 7.05 Å². The highest BCUT2D eigenvalue weighted by Gasteiger charge is 2.36. The van der Waals surface area contributed by atoms with Crippen molar-refractivity contribution >= 4 is 68.4 Å². The summed E-state index contributed by atoms with van der Waals surface area (Å²) in [6.07, 6.45) is 1.83. The lowest BCUT2D eigenvalue weighted by atomic mass is 10.1. The highest BCUT2D eigenvalue weighted by Crippen LogP contribution is 2.36. The average molecular weight is 606 g/mol. The Morgan fingerprint density at radius 1 is 0.972 bits per heavy atom. The molecular formula is C29H23IN2O3S. The lowest BCUT2D eigenvalue weighted by Gasteiger charge is -2.16. The molecule has 1 amide bonds. The first-order chi connectivity index (χ1) is 17.5. The number of carbonyl (C=O) groups excluding carboxylic acids is 1. The number of halogens is 1. The van der Waals surface area contributed by atoms with E-state index in [0.717, 1.165) is 25.8 Å². The molecule has 0 radical (unpaired) electrons. The summed E-state index contributed by atoms with van der Waals surface area (Å²) in [7, 11) is 3.42. The number of carbonyl (C=O) groups is 1. The Hall–Kier alpha value is -3.43. The van der Waals surface area contributed by atoms with Crippen LogP contribution in [-0.2, 0) is 11.4 Å². The topological polar surface area (TPSA) is 42.0 Å². The van der Waals surface area contributed by atoms with E-state index in [0.29, 0.717) is 28.9 Å². The zero-order chi connectivity index (χ0) is 25.2. The quantitative estimate of drug-likeness (QED) is 0.140. The number of para-hydroxylation sites is 1. The monoisotopic (exact) mass is 606 g/mol. The molecule has 1 saturated heterocycles. The molecular weight excluding hydrogens is 583 g/mol. The number of likely N-dealkylation sites (N-methyl/N-ethyl adjacent to an activating group) is 1. The summed E-state index contributed by atoms with van der Waals surface area (Å²) in [5.74, 6) is 1.10. The fourth-order valence-corrected chi connectivity index (χ4v) is 5.32. The summed E-state index contributed by atoms with van der Waals surface area (Å²) in [4.78, 5) is 16.6. The Bertz CT molecular complexity index is 1500. The molecule has 1 aliphatic heterocycles. The number of methoxy groups -OCH3 is 1. The fourth-order valence-electron chi connectivity index (χ4n) is 4.25. The molecule has 36 heavy (non-hydrogen) atoms. The van der Waals surface area contributed by atoms with Crippen molar-refractivity contribution in [2.75, 3.05) is 19.1 Å². The number of hydrogen-bond acceptors (Lipinski definition) is 4. The van der Waals surface area contributed by atoms with Crippen LogP contribution in [0, 0.1) is 3.57 Å². The van der Waals surface area contributed by atoms with Gasteiger partial charge in [-0.2, -0.15) is 0 Å². The van der Waals surface area contributed by atoms with Crippen LogP contribution < -0.4 is 14.4 Å². The van der Waals surface area contributed by atoms with Gasteiger partial charge in [0.1, 0.15) is 12.3 Å². The maximum atomic E-state index is 13.3. The third-order valence-corrected chi connectivity index (χ3v) is 7.34. The van der Waals surface area contributed by atoms with Crippen molar-refractivity contribution in [3.8, 4) is 11.5 Å². The number of benzene rings is 4. The summed E-state index contributed by atoms with van der Waals surface area (Å²) in [6.45, 7) is 0.412. The minimum atomic E-state index is -0.168. The normalized spacial score (nSPS) is 14.7. The highest BCUT2D eigenvalue weighted by atomic mass is 127. The smallest absolute Gasteiger partial charge is 0.281 e. The van der Waals surface area contributed by atoms with Gasteiger partial charge in [-0.05, 0) is 87.0 Å². The van der Waals surface area contributed by atoms with E-state index in [2.05, 4.69) is 46.9 Å². The van der Waals surface area contributed by atoms with Crippen LogP contribution in [0.4, 0.5) is 5.69 Å². The number of ether oxygens (including phenoxy) is 2. The second kappa shape index (κ2) is 10.3. The second-order valence-electron chi connectivity index (χ2n) is 8.31. The molecule has 0 atom stereocenters. The van der Waals surface area contributed by atoms with Crippen molar-refractivity contribution in [2.45, 2.75) is 6.61 Å². The van der Waals surface area contributed by atoms with E-state index < -0.39 is 0 Å². The van der Waals surface area contributed by atoms with Crippen LogP contribution >= 0.6 is 34.8 Å². The molecule has 1 fully saturated rings. The van der Waals surface area contributed by atoms with Gasteiger partial charge in [-0.3, -0.25) is 9.69 Å². The first kappa shape index (κ1) is 24.3. The van der Waals surface area contributed by atoms with Gasteiger partial charge in [0.05, 0.1) is 16.4 Å². The van der Waals surface area contributed by atoms with Crippen molar-refractivity contribution in [3.05, 3.63) is 105 Å². The zero-order valence-electron chi connectivity index (χ0n) is 19.8.